The van der Waals surface area contributed by atoms with Gasteiger partial charge in [-0.2, -0.15) is 0 Å². The molecule has 2 heterocycles. The molecule has 1 aromatic heterocycles. The van der Waals surface area contributed by atoms with Crippen molar-refractivity contribution in [3.05, 3.63) is 23.7 Å². The van der Waals surface area contributed by atoms with Gasteiger partial charge in [-0.25, -0.2) is 4.79 Å². The van der Waals surface area contributed by atoms with Crippen LogP contribution < -0.4 is 10.6 Å². The molecule has 18 heavy (non-hydrogen) atoms. The quantitative estimate of drug-likeness (QED) is 0.844. The van der Waals surface area contributed by atoms with Gasteiger partial charge in [0.25, 0.3) is 0 Å². The van der Waals surface area contributed by atoms with Crippen LogP contribution in [-0.4, -0.2) is 32.5 Å². The normalized spacial score (nSPS) is 19.5. The molecule has 1 saturated heterocycles. The van der Waals surface area contributed by atoms with Crippen LogP contribution in [0.25, 0.3) is 0 Å². The van der Waals surface area contributed by atoms with Gasteiger partial charge in [0.2, 0.25) is 0 Å². The number of nitrogens with one attached hydrogen (secondary N) is 2. The topological polar surface area (TPSA) is 72.7 Å². The molecule has 0 aromatic carbocycles. The van der Waals surface area contributed by atoms with Crippen molar-refractivity contribution < 1.29 is 18.7 Å². The lowest BCUT2D eigenvalue weighted by Gasteiger charge is -2.21. The number of rotatable bonds is 4. The average Bonchev–Trinajstić information content (AvgIpc) is 2.87. The second-order valence-corrected chi connectivity index (χ2v) is 3.96. The summed E-state index contributed by atoms with van der Waals surface area (Å²) < 4.78 is 15.8. The zero-order chi connectivity index (χ0) is 12.8. The van der Waals surface area contributed by atoms with Gasteiger partial charge >= 0.3 is 6.09 Å². The minimum absolute atomic E-state index is 0.0927. The third kappa shape index (κ3) is 3.48. The summed E-state index contributed by atoms with van der Waals surface area (Å²) >= 11 is 0. The first-order valence-electron chi connectivity index (χ1n) is 6.10. The van der Waals surface area contributed by atoms with E-state index in [-0.39, 0.29) is 6.04 Å². The summed E-state index contributed by atoms with van der Waals surface area (Å²) in [5, 5.41) is 5.91. The Labute approximate surface area is 106 Å². The van der Waals surface area contributed by atoms with Crippen molar-refractivity contribution in [1.29, 1.82) is 0 Å². The van der Waals surface area contributed by atoms with Gasteiger partial charge in [-0.05, 0) is 19.1 Å². The predicted molar refractivity (Wildman–Crippen MR) is 64.1 cm³/mol. The van der Waals surface area contributed by atoms with Gasteiger partial charge in [-0.1, -0.05) is 0 Å². The fourth-order valence-electron chi connectivity index (χ4n) is 1.77. The number of morpholine rings is 1. The highest BCUT2D eigenvalue weighted by molar-refractivity contribution is 5.66. The smallest absolute Gasteiger partial charge is 0.407 e. The van der Waals surface area contributed by atoms with Crippen LogP contribution in [0.5, 0.6) is 0 Å². The molecule has 0 unspecified atom stereocenters. The molecule has 1 fully saturated rings. The summed E-state index contributed by atoms with van der Waals surface area (Å²) in [6.45, 7) is 4.61. The van der Waals surface area contributed by atoms with Crippen molar-refractivity contribution in [3.8, 4) is 0 Å². The molecule has 2 N–H and O–H groups in total. The highest BCUT2D eigenvalue weighted by atomic mass is 16.5. The fraction of sp³-hybridized carbons (Fsp3) is 0.583. The Balaban J connectivity index is 1.83. The summed E-state index contributed by atoms with van der Waals surface area (Å²) in [6, 6.07) is 3.84. The van der Waals surface area contributed by atoms with Crippen LogP contribution in [0.15, 0.2) is 16.5 Å². The van der Waals surface area contributed by atoms with Crippen molar-refractivity contribution in [2.75, 3.05) is 26.4 Å². The van der Waals surface area contributed by atoms with Gasteiger partial charge < -0.3 is 24.5 Å². The van der Waals surface area contributed by atoms with E-state index in [4.69, 9.17) is 13.9 Å². The summed E-state index contributed by atoms with van der Waals surface area (Å²) in [4.78, 5) is 11.1. The van der Waals surface area contributed by atoms with Crippen LogP contribution in [-0.2, 0) is 16.0 Å². The Morgan fingerprint density at radius 1 is 1.61 bits per heavy atom. The maximum absolute atomic E-state index is 11.1. The number of alkyl carbamates (subject to hydrolysis) is 1. The molecule has 1 aliphatic heterocycles. The molecular formula is C12H18N2O4. The number of carbonyl (C=O) groups excluding carboxylic acids is 1. The lowest BCUT2D eigenvalue weighted by atomic mass is 10.2. The van der Waals surface area contributed by atoms with Crippen LogP contribution in [0, 0.1) is 0 Å². The number of hydrogen-bond donors (Lipinski definition) is 2. The summed E-state index contributed by atoms with van der Waals surface area (Å²) in [5.41, 5.74) is 0. The molecule has 2 rings (SSSR count). The maximum Gasteiger partial charge on any atom is 0.407 e. The number of amides is 1. The SMILES string of the molecule is CCOC(=O)NCc1ccc([C@@H]2COCCN2)o1. The predicted octanol–water partition coefficient (Wildman–Crippen LogP) is 1.19. The van der Waals surface area contributed by atoms with E-state index >= 15 is 0 Å². The van der Waals surface area contributed by atoms with E-state index < -0.39 is 6.09 Å². The van der Waals surface area contributed by atoms with E-state index in [0.29, 0.717) is 25.5 Å². The molecule has 0 radical (unpaired) electrons. The van der Waals surface area contributed by atoms with E-state index in [1.165, 1.54) is 0 Å². The number of ether oxygens (including phenoxy) is 2. The number of furan rings is 1. The standard InChI is InChI=1S/C12H18N2O4/c1-2-17-12(15)14-7-9-3-4-11(18-9)10-8-16-6-5-13-10/h3-4,10,13H,2,5-8H2,1H3,(H,14,15)/t10-/m0/s1. The van der Waals surface area contributed by atoms with E-state index in [1.807, 2.05) is 12.1 Å². The molecule has 1 amide bonds. The summed E-state index contributed by atoms with van der Waals surface area (Å²) in [5.74, 6) is 1.53. The van der Waals surface area contributed by atoms with Crippen LogP contribution in [0.1, 0.15) is 24.5 Å². The minimum Gasteiger partial charge on any atom is -0.462 e. The van der Waals surface area contributed by atoms with Crippen LogP contribution in [0.3, 0.4) is 0 Å². The first-order valence-corrected chi connectivity index (χ1v) is 6.10. The first-order chi connectivity index (χ1) is 8.79. The molecule has 0 bridgehead atoms. The molecule has 0 saturated carbocycles. The van der Waals surface area contributed by atoms with E-state index in [1.54, 1.807) is 6.92 Å². The first kappa shape index (κ1) is 12.9. The molecule has 6 nitrogen and oxygen atoms in total. The second kappa shape index (κ2) is 6.42. The van der Waals surface area contributed by atoms with Crippen molar-refractivity contribution in [3.63, 3.8) is 0 Å². The van der Waals surface area contributed by atoms with Crippen LogP contribution >= 0.6 is 0 Å². The van der Waals surface area contributed by atoms with Gasteiger partial charge in [0.15, 0.2) is 0 Å². The average molecular weight is 254 g/mol. The van der Waals surface area contributed by atoms with Gasteiger partial charge in [-0.3, -0.25) is 0 Å². The summed E-state index contributed by atoms with van der Waals surface area (Å²) in [6.07, 6.45) is -0.436. The van der Waals surface area contributed by atoms with Crippen molar-refractivity contribution in [2.45, 2.75) is 19.5 Å². The zero-order valence-corrected chi connectivity index (χ0v) is 10.4. The van der Waals surface area contributed by atoms with E-state index in [2.05, 4.69) is 10.6 Å². The molecule has 1 aliphatic rings. The maximum atomic E-state index is 11.1. The largest absolute Gasteiger partial charge is 0.462 e. The van der Waals surface area contributed by atoms with Gasteiger partial charge in [0.05, 0.1) is 32.4 Å². The highest BCUT2D eigenvalue weighted by Gasteiger charge is 2.18. The Kier molecular flexibility index (Phi) is 4.60. The van der Waals surface area contributed by atoms with Gasteiger partial charge in [0.1, 0.15) is 11.5 Å². The van der Waals surface area contributed by atoms with E-state index in [9.17, 15) is 4.79 Å². The third-order valence-electron chi connectivity index (χ3n) is 2.63. The Morgan fingerprint density at radius 2 is 2.50 bits per heavy atom. The third-order valence-corrected chi connectivity index (χ3v) is 2.63. The molecule has 0 spiro atoms. The number of carbonyl (C=O) groups is 1. The van der Waals surface area contributed by atoms with Crippen molar-refractivity contribution in [1.82, 2.24) is 10.6 Å². The number of hydrogen-bond acceptors (Lipinski definition) is 5. The lowest BCUT2D eigenvalue weighted by molar-refractivity contribution is 0.0694. The monoisotopic (exact) mass is 254 g/mol. The Bertz CT molecular complexity index is 385. The Hall–Kier alpha value is -1.53. The highest BCUT2D eigenvalue weighted by Crippen LogP contribution is 2.18. The lowest BCUT2D eigenvalue weighted by Crippen LogP contribution is -2.34. The molecule has 100 valence electrons. The van der Waals surface area contributed by atoms with Gasteiger partial charge in [-0.15, -0.1) is 0 Å². The van der Waals surface area contributed by atoms with Crippen LogP contribution in [0.4, 0.5) is 4.79 Å². The fourth-order valence-corrected chi connectivity index (χ4v) is 1.77. The molecule has 6 heteroatoms. The van der Waals surface area contributed by atoms with Crippen molar-refractivity contribution >= 4 is 6.09 Å². The van der Waals surface area contributed by atoms with Crippen molar-refractivity contribution in [2.24, 2.45) is 0 Å². The van der Waals surface area contributed by atoms with E-state index in [0.717, 1.165) is 18.9 Å². The summed E-state index contributed by atoms with van der Waals surface area (Å²) in [7, 11) is 0. The van der Waals surface area contributed by atoms with Gasteiger partial charge in [0, 0.05) is 6.54 Å². The molecule has 1 atom stereocenters. The molecule has 0 aliphatic carbocycles. The Morgan fingerprint density at radius 3 is 3.22 bits per heavy atom. The minimum atomic E-state index is -0.436. The van der Waals surface area contributed by atoms with Crippen LogP contribution in [0.2, 0.25) is 0 Å². The molecule has 1 aromatic rings. The zero-order valence-electron chi connectivity index (χ0n) is 10.4. The molecular weight excluding hydrogens is 236 g/mol. The second-order valence-electron chi connectivity index (χ2n) is 3.96.